The topological polar surface area (TPSA) is 131 Å². The third kappa shape index (κ3) is 2.92. The maximum absolute atomic E-state index is 12.1. The molecule has 3 N–H and O–H groups in total. The number of hydrogen-bond acceptors (Lipinski definition) is 5. The van der Waals surface area contributed by atoms with Crippen molar-refractivity contribution in [1.29, 1.82) is 0 Å². The third-order valence-corrected chi connectivity index (χ3v) is 3.21. The molecule has 0 bridgehead atoms. The Morgan fingerprint density at radius 3 is 2.75 bits per heavy atom. The minimum atomic E-state index is -1.21. The van der Waals surface area contributed by atoms with E-state index >= 15 is 0 Å². The number of hydrogen-bond donors (Lipinski definition) is 2. The summed E-state index contributed by atoms with van der Waals surface area (Å²) in [6, 6.07) is -0.598. The van der Waals surface area contributed by atoms with Crippen LogP contribution in [0.1, 0.15) is 29.8 Å². The first-order chi connectivity index (χ1) is 9.49. The van der Waals surface area contributed by atoms with Crippen molar-refractivity contribution in [3.05, 3.63) is 11.9 Å². The molecular weight excluding hydrogens is 266 g/mol. The van der Waals surface area contributed by atoms with Gasteiger partial charge in [0.15, 0.2) is 5.69 Å². The van der Waals surface area contributed by atoms with Gasteiger partial charge in [-0.3, -0.25) is 9.59 Å². The summed E-state index contributed by atoms with van der Waals surface area (Å²) in [6.45, 7) is 0.303. The van der Waals surface area contributed by atoms with Gasteiger partial charge in [-0.25, -0.2) is 9.48 Å². The molecule has 1 atom stereocenters. The van der Waals surface area contributed by atoms with Crippen LogP contribution >= 0.6 is 0 Å². The Kier molecular flexibility index (Phi) is 3.97. The average Bonchev–Trinajstić information content (AvgIpc) is 2.87. The van der Waals surface area contributed by atoms with E-state index in [4.69, 9.17) is 10.8 Å². The molecule has 1 aromatic heterocycles. The molecule has 0 aliphatic carbocycles. The van der Waals surface area contributed by atoms with Crippen LogP contribution in [-0.4, -0.2) is 55.4 Å². The maximum Gasteiger partial charge on any atom is 0.358 e. The summed E-state index contributed by atoms with van der Waals surface area (Å²) in [5, 5.41) is 15.7. The number of rotatable bonds is 4. The number of likely N-dealkylation sites (tertiary alicyclic amines) is 1. The number of nitrogens with two attached hydrogens (primary N) is 1. The Balaban J connectivity index is 2.05. The van der Waals surface area contributed by atoms with E-state index in [1.165, 1.54) is 11.1 Å². The van der Waals surface area contributed by atoms with Crippen molar-refractivity contribution < 1.29 is 19.5 Å². The molecule has 2 amide bonds. The Hall–Kier alpha value is -2.45. The number of aromatic carboxylic acids is 1. The molecule has 1 saturated heterocycles. The van der Waals surface area contributed by atoms with Gasteiger partial charge in [0.05, 0.1) is 6.20 Å². The van der Waals surface area contributed by atoms with Crippen LogP contribution in [0.3, 0.4) is 0 Å². The van der Waals surface area contributed by atoms with Crippen LogP contribution in [0.15, 0.2) is 6.20 Å². The Morgan fingerprint density at radius 2 is 2.15 bits per heavy atom. The van der Waals surface area contributed by atoms with E-state index < -0.39 is 17.9 Å². The Morgan fingerprint density at radius 1 is 1.40 bits per heavy atom. The standard InChI is InChI=1S/C11H15N5O4/c12-10(18)8-3-1-2-4-16(8)9(17)6-15-5-7(11(19)20)13-14-15/h5,8H,1-4,6H2,(H2,12,18)(H,19,20). The monoisotopic (exact) mass is 281 g/mol. The number of nitrogens with zero attached hydrogens (tertiary/aromatic N) is 4. The van der Waals surface area contributed by atoms with Gasteiger partial charge in [0, 0.05) is 6.54 Å². The summed E-state index contributed by atoms with van der Waals surface area (Å²) < 4.78 is 1.14. The molecule has 0 radical (unpaired) electrons. The summed E-state index contributed by atoms with van der Waals surface area (Å²) in [5.41, 5.74) is 5.05. The van der Waals surface area contributed by atoms with Crippen LogP contribution in [0.2, 0.25) is 0 Å². The van der Waals surface area contributed by atoms with Gasteiger partial charge in [-0.1, -0.05) is 5.21 Å². The lowest BCUT2D eigenvalue weighted by Crippen LogP contribution is -2.51. The second-order valence-corrected chi connectivity index (χ2v) is 4.61. The maximum atomic E-state index is 12.1. The Labute approximate surface area is 114 Å². The lowest BCUT2D eigenvalue weighted by Gasteiger charge is -2.33. The van der Waals surface area contributed by atoms with Crippen molar-refractivity contribution >= 4 is 17.8 Å². The predicted octanol–water partition coefficient (Wildman–Crippen LogP) is -1.16. The summed E-state index contributed by atoms with van der Waals surface area (Å²) in [6.07, 6.45) is 3.39. The van der Waals surface area contributed by atoms with Crippen LogP contribution in [0.4, 0.5) is 0 Å². The highest BCUT2D eigenvalue weighted by atomic mass is 16.4. The first kappa shape index (κ1) is 14.0. The van der Waals surface area contributed by atoms with Gasteiger partial charge in [0.1, 0.15) is 12.6 Å². The highest BCUT2D eigenvalue weighted by Crippen LogP contribution is 2.17. The number of aromatic nitrogens is 3. The average molecular weight is 281 g/mol. The van der Waals surface area contributed by atoms with Gasteiger partial charge >= 0.3 is 5.97 Å². The lowest BCUT2D eigenvalue weighted by molar-refractivity contribution is -0.141. The minimum Gasteiger partial charge on any atom is -0.476 e. The summed E-state index contributed by atoms with van der Waals surface area (Å²) in [4.78, 5) is 35.6. The van der Waals surface area contributed by atoms with Crippen molar-refractivity contribution in [3.8, 4) is 0 Å². The first-order valence-electron chi connectivity index (χ1n) is 6.21. The molecule has 9 nitrogen and oxygen atoms in total. The molecule has 108 valence electrons. The van der Waals surface area contributed by atoms with Gasteiger partial charge in [-0.2, -0.15) is 0 Å². The zero-order valence-electron chi connectivity index (χ0n) is 10.7. The van der Waals surface area contributed by atoms with Crippen molar-refractivity contribution in [2.45, 2.75) is 31.8 Å². The SMILES string of the molecule is NC(=O)C1CCCCN1C(=O)Cn1cc(C(=O)O)nn1. The van der Waals surface area contributed by atoms with Crippen LogP contribution in [0.25, 0.3) is 0 Å². The fourth-order valence-electron chi connectivity index (χ4n) is 2.23. The van der Waals surface area contributed by atoms with E-state index in [2.05, 4.69) is 10.3 Å². The number of carboxylic acids is 1. The van der Waals surface area contributed by atoms with Gasteiger partial charge < -0.3 is 15.7 Å². The number of piperidine rings is 1. The number of primary amides is 1. The molecule has 1 unspecified atom stereocenters. The first-order valence-corrected chi connectivity index (χ1v) is 6.21. The predicted molar refractivity (Wildman–Crippen MR) is 65.5 cm³/mol. The number of carbonyl (C=O) groups excluding carboxylic acids is 2. The molecule has 1 aliphatic heterocycles. The van der Waals surface area contributed by atoms with Gasteiger partial charge in [-0.05, 0) is 19.3 Å². The molecule has 20 heavy (non-hydrogen) atoms. The van der Waals surface area contributed by atoms with Crippen LogP contribution < -0.4 is 5.73 Å². The van der Waals surface area contributed by atoms with Crippen molar-refractivity contribution in [2.75, 3.05) is 6.54 Å². The fourth-order valence-corrected chi connectivity index (χ4v) is 2.23. The second-order valence-electron chi connectivity index (χ2n) is 4.61. The molecule has 1 fully saturated rings. The molecule has 0 aromatic carbocycles. The number of carbonyl (C=O) groups is 3. The van der Waals surface area contributed by atoms with E-state index in [0.717, 1.165) is 17.5 Å². The second kappa shape index (κ2) is 5.68. The number of amides is 2. The highest BCUT2D eigenvalue weighted by Gasteiger charge is 2.30. The van der Waals surface area contributed by atoms with Crippen LogP contribution in [0.5, 0.6) is 0 Å². The molecule has 1 aromatic rings. The smallest absolute Gasteiger partial charge is 0.358 e. The Bertz CT molecular complexity index is 541. The van der Waals surface area contributed by atoms with Crippen LogP contribution in [-0.2, 0) is 16.1 Å². The fraction of sp³-hybridized carbons (Fsp3) is 0.545. The molecule has 9 heteroatoms. The summed E-state index contributed by atoms with van der Waals surface area (Å²) >= 11 is 0. The van der Waals surface area contributed by atoms with E-state index in [1.807, 2.05) is 0 Å². The summed E-state index contributed by atoms with van der Waals surface area (Å²) in [5.74, 6) is -2.06. The van der Waals surface area contributed by atoms with E-state index in [1.54, 1.807) is 0 Å². The third-order valence-electron chi connectivity index (χ3n) is 3.21. The largest absolute Gasteiger partial charge is 0.476 e. The normalized spacial score (nSPS) is 18.8. The molecule has 0 saturated carbocycles. The van der Waals surface area contributed by atoms with Crippen molar-refractivity contribution in [3.63, 3.8) is 0 Å². The van der Waals surface area contributed by atoms with Gasteiger partial charge in [-0.15, -0.1) is 5.10 Å². The molecule has 0 spiro atoms. The molecule has 2 rings (SSSR count). The van der Waals surface area contributed by atoms with E-state index in [9.17, 15) is 14.4 Å². The zero-order valence-corrected chi connectivity index (χ0v) is 10.7. The number of carboxylic acid groups (broad SMARTS) is 1. The summed E-state index contributed by atoms with van der Waals surface area (Å²) in [7, 11) is 0. The van der Waals surface area contributed by atoms with Crippen LogP contribution in [0, 0.1) is 0 Å². The quantitative estimate of drug-likeness (QED) is 0.715. The lowest BCUT2D eigenvalue weighted by atomic mass is 10.0. The van der Waals surface area contributed by atoms with E-state index in [0.29, 0.717) is 13.0 Å². The van der Waals surface area contributed by atoms with Gasteiger partial charge in [0.2, 0.25) is 11.8 Å². The van der Waals surface area contributed by atoms with Crippen molar-refractivity contribution in [2.24, 2.45) is 5.73 Å². The minimum absolute atomic E-state index is 0.163. The molecule has 1 aliphatic rings. The van der Waals surface area contributed by atoms with Gasteiger partial charge in [0.25, 0.3) is 0 Å². The zero-order chi connectivity index (χ0) is 14.7. The highest BCUT2D eigenvalue weighted by molar-refractivity contribution is 5.87. The molecular formula is C11H15N5O4. The van der Waals surface area contributed by atoms with Crippen molar-refractivity contribution in [1.82, 2.24) is 19.9 Å². The van der Waals surface area contributed by atoms with E-state index in [-0.39, 0.29) is 18.1 Å². The molecule has 2 heterocycles.